The molecule has 0 aromatic heterocycles. The summed E-state index contributed by atoms with van der Waals surface area (Å²) in [5.74, 6) is 0.359. The molecule has 0 spiro atoms. The number of rotatable bonds is 8. The molecule has 1 rings (SSSR count). The molecule has 5 nitrogen and oxygen atoms in total. The van der Waals surface area contributed by atoms with E-state index in [-0.39, 0.29) is 6.42 Å². The van der Waals surface area contributed by atoms with Gasteiger partial charge in [-0.2, -0.15) is 5.26 Å². The molecule has 0 bridgehead atoms. The molecule has 0 aliphatic carbocycles. The van der Waals surface area contributed by atoms with Crippen molar-refractivity contribution < 1.29 is 19.4 Å². The highest BCUT2D eigenvalue weighted by molar-refractivity contribution is 5.66. The number of nitrogens with zero attached hydrogens (tertiary/aromatic N) is 1. The summed E-state index contributed by atoms with van der Waals surface area (Å²) in [6.45, 7) is 1.91. The summed E-state index contributed by atoms with van der Waals surface area (Å²) in [6, 6.07) is 7.81. The first kappa shape index (κ1) is 16.8. The SMILES string of the molecule is CCC(C#N)(CCC(=O)O)Cc1ccc(OC)c(OC)c1. The van der Waals surface area contributed by atoms with Gasteiger partial charge in [0, 0.05) is 6.42 Å². The molecule has 0 radical (unpaired) electrons. The largest absolute Gasteiger partial charge is 0.493 e. The Kier molecular flexibility index (Phi) is 6.04. The van der Waals surface area contributed by atoms with Gasteiger partial charge in [0.2, 0.25) is 0 Å². The van der Waals surface area contributed by atoms with E-state index in [4.69, 9.17) is 14.6 Å². The lowest BCUT2D eigenvalue weighted by Gasteiger charge is -2.25. The number of carboxylic acids is 1. The number of carbonyl (C=O) groups is 1. The van der Waals surface area contributed by atoms with Gasteiger partial charge >= 0.3 is 5.97 Å². The summed E-state index contributed by atoms with van der Waals surface area (Å²) >= 11 is 0. The Hall–Kier alpha value is -2.22. The average Bonchev–Trinajstić information content (AvgIpc) is 2.51. The van der Waals surface area contributed by atoms with Crippen molar-refractivity contribution in [2.24, 2.45) is 5.41 Å². The molecule has 0 saturated heterocycles. The van der Waals surface area contributed by atoms with Gasteiger partial charge in [-0.25, -0.2) is 0 Å². The van der Waals surface area contributed by atoms with Gasteiger partial charge in [0.1, 0.15) is 0 Å². The van der Waals surface area contributed by atoms with Crippen LogP contribution >= 0.6 is 0 Å². The maximum absolute atomic E-state index is 10.8. The maximum Gasteiger partial charge on any atom is 0.303 e. The Morgan fingerprint density at radius 3 is 2.48 bits per heavy atom. The van der Waals surface area contributed by atoms with E-state index >= 15 is 0 Å². The van der Waals surface area contributed by atoms with Crippen LogP contribution in [0.5, 0.6) is 11.5 Å². The first-order valence-electron chi connectivity index (χ1n) is 6.84. The van der Waals surface area contributed by atoms with E-state index in [0.717, 1.165) is 5.56 Å². The van der Waals surface area contributed by atoms with E-state index in [0.29, 0.717) is 30.8 Å². The molecular formula is C16H21NO4. The van der Waals surface area contributed by atoms with Crippen LogP contribution < -0.4 is 9.47 Å². The van der Waals surface area contributed by atoms with Crippen LogP contribution in [-0.4, -0.2) is 25.3 Å². The highest BCUT2D eigenvalue weighted by Crippen LogP contribution is 2.35. The smallest absolute Gasteiger partial charge is 0.303 e. The van der Waals surface area contributed by atoms with Crippen molar-refractivity contribution in [3.05, 3.63) is 23.8 Å². The van der Waals surface area contributed by atoms with Gasteiger partial charge in [-0.15, -0.1) is 0 Å². The first-order chi connectivity index (χ1) is 10.00. The van der Waals surface area contributed by atoms with Gasteiger partial charge in [-0.1, -0.05) is 13.0 Å². The molecule has 0 fully saturated rings. The Morgan fingerprint density at radius 1 is 1.33 bits per heavy atom. The lowest BCUT2D eigenvalue weighted by atomic mass is 9.77. The number of aliphatic carboxylic acids is 1. The Labute approximate surface area is 125 Å². The van der Waals surface area contributed by atoms with Gasteiger partial charge in [0.25, 0.3) is 0 Å². The van der Waals surface area contributed by atoms with Crippen molar-refractivity contribution in [1.29, 1.82) is 5.26 Å². The summed E-state index contributed by atoms with van der Waals surface area (Å²) in [5, 5.41) is 18.3. The highest BCUT2D eigenvalue weighted by atomic mass is 16.5. The summed E-state index contributed by atoms with van der Waals surface area (Å²) in [5.41, 5.74) is 0.263. The van der Waals surface area contributed by atoms with Gasteiger partial charge < -0.3 is 14.6 Å². The van der Waals surface area contributed by atoms with E-state index in [1.807, 2.05) is 19.1 Å². The summed E-state index contributed by atoms with van der Waals surface area (Å²) < 4.78 is 10.4. The lowest BCUT2D eigenvalue weighted by Crippen LogP contribution is -2.22. The van der Waals surface area contributed by atoms with Gasteiger partial charge in [-0.05, 0) is 37.0 Å². The second-order valence-electron chi connectivity index (χ2n) is 5.01. The fourth-order valence-electron chi connectivity index (χ4n) is 2.29. The van der Waals surface area contributed by atoms with Crippen molar-refractivity contribution >= 4 is 5.97 Å². The molecule has 1 unspecified atom stereocenters. The third kappa shape index (κ3) is 4.38. The third-order valence-electron chi connectivity index (χ3n) is 3.72. The van der Waals surface area contributed by atoms with Crippen LogP contribution in [0.3, 0.4) is 0 Å². The zero-order valence-electron chi connectivity index (χ0n) is 12.7. The van der Waals surface area contributed by atoms with Crippen molar-refractivity contribution in [3.8, 4) is 17.6 Å². The monoisotopic (exact) mass is 291 g/mol. The molecule has 1 aromatic rings. The zero-order chi connectivity index (χ0) is 15.9. The molecule has 5 heteroatoms. The van der Waals surface area contributed by atoms with E-state index in [2.05, 4.69) is 6.07 Å². The molecule has 114 valence electrons. The fourth-order valence-corrected chi connectivity index (χ4v) is 2.29. The van der Waals surface area contributed by atoms with Crippen LogP contribution in [0.1, 0.15) is 31.7 Å². The van der Waals surface area contributed by atoms with Gasteiger partial charge in [0.05, 0.1) is 25.7 Å². The van der Waals surface area contributed by atoms with Crippen LogP contribution in [0.2, 0.25) is 0 Å². The van der Waals surface area contributed by atoms with Crippen LogP contribution in [0.4, 0.5) is 0 Å². The van der Waals surface area contributed by atoms with E-state index in [9.17, 15) is 10.1 Å². The van der Waals surface area contributed by atoms with Crippen LogP contribution in [-0.2, 0) is 11.2 Å². The van der Waals surface area contributed by atoms with Crippen LogP contribution in [0.25, 0.3) is 0 Å². The Bertz CT molecular complexity index is 536. The normalized spacial score (nSPS) is 13.0. The second kappa shape index (κ2) is 7.53. The minimum atomic E-state index is -0.879. The highest BCUT2D eigenvalue weighted by Gasteiger charge is 2.29. The van der Waals surface area contributed by atoms with E-state index in [1.54, 1.807) is 20.3 Å². The van der Waals surface area contributed by atoms with Gasteiger partial charge in [0.15, 0.2) is 11.5 Å². The predicted molar refractivity (Wildman–Crippen MR) is 78.5 cm³/mol. The Morgan fingerprint density at radius 2 is 2.00 bits per heavy atom. The predicted octanol–water partition coefficient (Wildman–Crippen LogP) is 3.03. The summed E-state index contributed by atoms with van der Waals surface area (Å²) in [6.07, 6.45) is 1.43. The fraction of sp³-hybridized carbons (Fsp3) is 0.500. The minimum absolute atomic E-state index is 0.00527. The molecule has 0 saturated carbocycles. The summed E-state index contributed by atoms with van der Waals surface area (Å²) in [7, 11) is 3.12. The molecule has 1 aromatic carbocycles. The van der Waals surface area contributed by atoms with Crippen molar-refractivity contribution in [2.75, 3.05) is 14.2 Å². The number of nitriles is 1. The number of benzene rings is 1. The van der Waals surface area contributed by atoms with Crippen molar-refractivity contribution in [3.63, 3.8) is 0 Å². The van der Waals surface area contributed by atoms with Crippen molar-refractivity contribution in [2.45, 2.75) is 32.6 Å². The molecule has 21 heavy (non-hydrogen) atoms. The van der Waals surface area contributed by atoms with Gasteiger partial charge in [-0.3, -0.25) is 4.79 Å². The standard InChI is InChI=1S/C16H21NO4/c1-4-16(11-17,8-7-15(18)19)10-12-5-6-13(20-2)14(9-12)21-3/h5-6,9H,4,7-8,10H2,1-3H3,(H,18,19). The number of ether oxygens (including phenoxy) is 2. The molecular weight excluding hydrogens is 270 g/mol. The first-order valence-corrected chi connectivity index (χ1v) is 6.84. The maximum atomic E-state index is 10.8. The molecule has 1 N–H and O–H groups in total. The minimum Gasteiger partial charge on any atom is -0.493 e. The Balaban J connectivity index is 2.99. The van der Waals surface area contributed by atoms with E-state index < -0.39 is 11.4 Å². The molecule has 0 aliphatic heterocycles. The van der Waals surface area contributed by atoms with E-state index in [1.165, 1.54) is 0 Å². The number of methoxy groups -OCH3 is 2. The third-order valence-corrected chi connectivity index (χ3v) is 3.72. The molecule has 0 aliphatic rings. The summed E-state index contributed by atoms with van der Waals surface area (Å²) in [4.78, 5) is 10.8. The van der Waals surface area contributed by atoms with Crippen LogP contribution in [0, 0.1) is 16.7 Å². The quantitative estimate of drug-likeness (QED) is 0.796. The number of hydrogen-bond acceptors (Lipinski definition) is 4. The zero-order valence-corrected chi connectivity index (χ0v) is 12.7. The molecule has 0 amide bonds. The number of carboxylic acid groups (broad SMARTS) is 1. The number of hydrogen-bond donors (Lipinski definition) is 1. The molecule has 0 heterocycles. The average molecular weight is 291 g/mol. The second-order valence-corrected chi connectivity index (χ2v) is 5.01. The van der Waals surface area contributed by atoms with Crippen LogP contribution in [0.15, 0.2) is 18.2 Å². The van der Waals surface area contributed by atoms with Crippen molar-refractivity contribution in [1.82, 2.24) is 0 Å². The molecule has 1 atom stereocenters. The lowest BCUT2D eigenvalue weighted by molar-refractivity contribution is -0.137. The topological polar surface area (TPSA) is 79.6 Å².